The molecule has 3 heterocycles. The van der Waals surface area contributed by atoms with Crippen molar-refractivity contribution in [1.29, 1.82) is 0 Å². The highest BCUT2D eigenvalue weighted by molar-refractivity contribution is 7.11. The number of hydrogen-bond acceptors (Lipinski definition) is 6. The monoisotopic (exact) mass is 303 g/mol. The highest BCUT2D eigenvalue weighted by Crippen LogP contribution is 2.39. The molecule has 6 heteroatoms. The van der Waals surface area contributed by atoms with Crippen molar-refractivity contribution in [2.45, 2.75) is 19.4 Å². The van der Waals surface area contributed by atoms with Crippen molar-refractivity contribution in [2.75, 3.05) is 37.3 Å². The molecule has 0 aliphatic carbocycles. The van der Waals surface area contributed by atoms with Gasteiger partial charge in [-0.15, -0.1) is 0 Å². The van der Waals surface area contributed by atoms with Crippen molar-refractivity contribution in [1.82, 2.24) is 14.3 Å². The van der Waals surface area contributed by atoms with Crippen molar-refractivity contribution in [3.05, 3.63) is 24.5 Å². The molecule has 2 aromatic rings. The highest BCUT2D eigenvalue weighted by Gasteiger charge is 2.27. The third kappa shape index (κ3) is 2.73. The van der Waals surface area contributed by atoms with E-state index in [0.29, 0.717) is 11.9 Å². The van der Waals surface area contributed by atoms with Crippen LogP contribution in [0.5, 0.6) is 0 Å². The number of anilines is 2. The number of nitrogen functional groups attached to an aromatic ring is 1. The quantitative estimate of drug-likeness (QED) is 0.943. The van der Waals surface area contributed by atoms with E-state index in [4.69, 9.17) is 5.73 Å². The highest BCUT2D eigenvalue weighted by atomic mass is 32.1. The van der Waals surface area contributed by atoms with E-state index in [0.717, 1.165) is 37.2 Å². The Bertz CT molecular complexity index is 597. The second-order valence-electron chi connectivity index (χ2n) is 5.47. The molecule has 0 aromatic carbocycles. The van der Waals surface area contributed by atoms with E-state index >= 15 is 0 Å². The first-order chi connectivity index (χ1) is 10.2. The lowest BCUT2D eigenvalue weighted by atomic mass is 10.1. The zero-order valence-electron chi connectivity index (χ0n) is 12.5. The molecular weight excluding hydrogens is 282 g/mol. The van der Waals surface area contributed by atoms with E-state index in [9.17, 15) is 0 Å². The Morgan fingerprint density at radius 3 is 2.81 bits per heavy atom. The average molecular weight is 303 g/mol. The van der Waals surface area contributed by atoms with Crippen LogP contribution in [0.2, 0.25) is 0 Å². The van der Waals surface area contributed by atoms with Gasteiger partial charge in [0, 0.05) is 38.1 Å². The lowest BCUT2D eigenvalue weighted by molar-refractivity contribution is 0.214. The Balaban J connectivity index is 1.93. The first kappa shape index (κ1) is 14.3. The largest absolute Gasteiger partial charge is 0.382 e. The van der Waals surface area contributed by atoms with Crippen LogP contribution < -0.4 is 10.6 Å². The smallest absolute Gasteiger partial charge is 0.147 e. The average Bonchev–Trinajstić information content (AvgIpc) is 2.90. The Labute approximate surface area is 129 Å². The molecule has 3 rings (SSSR count). The Morgan fingerprint density at radius 2 is 2.10 bits per heavy atom. The number of nitrogens with two attached hydrogens (primary N) is 1. The topological polar surface area (TPSA) is 58.3 Å². The molecule has 21 heavy (non-hydrogen) atoms. The summed E-state index contributed by atoms with van der Waals surface area (Å²) in [5.41, 5.74) is 8.27. The molecule has 2 aromatic heterocycles. The van der Waals surface area contributed by atoms with Gasteiger partial charge in [-0.3, -0.25) is 9.88 Å². The molecule has 1 aliphatic rings. The zero-order valence-corrected chi connectivity index (χ0v) is 13.3. The Hall–Kier alpha value is -1.66. The summed E-state index contributed by atoms with van der Waals surface area (Å²) in [6.07, 6.45) is 4.76. The minimum Gasteiger partial charge on any atom is -0.382 e. The Kier molecular flexibility index (Phi) is 4.07. The fourth-order valence-electron chi connectivity index (χ4n) is 2.87. The lowest BCUT2D eigenvalue weighted by Gasteiger charge is -2.39. The van der Waals surface area contributed by atoms with Crippen molar-refractivity contribution in [3.8, 4) is 11.1 Å². The molecule has 0 radical (unpaired) electrons. The normalized spacial score (nSPS) is 19.9. The van der Waals surface area contributed by atoms with Crippen LogP contribution in [0.1, 0.15) is 13.3 Å². The number of rotatable bonds is 3. The maximum atomic E-state index is 6.12. The maximum Gasteiger partial charge on any atom is 0.147 e. The fourth-order valence-corrected chi connectivity index (χ4v) is 3.74. The van der Waals surface area contributed by atoms with Crippen molar-refractivity contribution < 1.29 is 0 Å². The third-order valence-corrected chi connectivity index (χ3v) is 5.13. The van der Waals surface area contributed by atoms with E-state index in [1.54, 1.807) is 12.4 Å². The predicted octanol–water partition coefficient (Wildman–Crippen LogP) is 2.32. The zero-order chi connectivity index (χ0) is 14.8. The molecule has 1 fully saturated rings. The van der Waals surface area contributed by atoms with Crippen LogP contribution in [0.4, 0.5) is 10.8 Å². The van der Waals surface area contributed by atoms with E-state index in [2.05, 4.69) is 33.1 Å². The minimum absolute atomic E-state index is 0.590. The molecule has 1 atom stereocenters. The van der Waals surface area contributed by atoms with E-state index in [1.165, 1.54) is 16.5 Å². The SMILES string of the molecule is CCC1CN(c2snc(N)c2-c2ccncc2)CCN1C. The van der Waals surface area contributed by atoms with Crippen LogP contribution in [0, 0.1) is 0 Å². The molecule has 0 saturated carbocycles. The van der Waals surface area contributed by atoms with Gasteiger partial charge in [0.2, 0.25) is 0 Å². The maximum absolute atomic E-state index is 6.12. The molecular formula is C15H21N5S. The number of nitrogens with zero attached hydrogens (tertiary/aromatic N) is 4. The molecule has 1 saturated heterocycles. The summed E-state index contributed by atoms with van der Waals surface area (Å²) in [5, 5.41) is 1.19. The van der Waals surface area contributed by atoms with E-state index in [1.807, 2.05) is 12.1 Å². The van der Waals surface area contributed by atoms with Gasteiger partial charge in [0.15, 0.2) is 0 Å². The molecule has 1 unspecified atom stereocenters. The van der Waals surface area contributed by atoms with Gasteiger partial charge in [0.1, 0.15) is 10.8 Å². The van der Waals surface area contributed by atoms with Crippen LogP contribution in [-0.2, 0) is 0 Å². The molecule has 5 nitrogen and oxygen atoms in total. The fraction of sp³-hybridized carbons (Fsp3) is 0.467. The second kappa shape index (κ2) is 5.99. The van der Waals surface area contributed by atoms with Gasteiger partial charge >= 0.3 is 0 Å². The summed E-state index contributed by atoms with van der Waals surface area (Å²) in [6.45, 7) is 5.38. The second-order valence-corrected chi connectivity index (χ2v) is 6.22. The van der Waals surface area contributed by atoms with Crippen molar-refractivity contribution in [3.63, 3.8) is 0 Å². The van der Waals surface area contributed by atoms with Gasteiger partial charge < -0.3 is 10.6 Å². The Morgan fingerprint density at radius 1 is 1.33 bits per heavy atom. The lowest BCUT2D eigenvalue weighted by Crippen LogP contribution is -2.51. The van der Waals surface area contributed by atoms with Crippen LogP contribution in [0.25, 0.3) is 11.1 Å². The summed E-state index contributed by atoms with van der Waals surface area (Å²) in [4.78, 5) is 8.95. The summed E-state index contributed by atoms with van der Waals surface area (Å²) in [6, 6.07) is 4.58. The number of hydrogen-bond donors (Lipinski definition) is 1. The van der Waals surface area contributed by atoms with Crippen molar-refractivity contribution in [2.24, 2.45) is 0 Å². The van der Waals surface area contributed by atoms with Crippen LogP contribution in [0.3, 0.4) is 0 Å². The molecule has 0 amide bonds. The number of pyridine rings is 1. The molecule has 2 N–H and O–H groups in total. The van der Waals surface area contributed by atoms with Crippen LogP contribution in [0.15, 0.2) is 24.5 Å². The first-order valence-corrected chi connectivity index (χ1v) is 8.08. The predicted molar refractivity (Wildman–Crippen MR) is 88.7 cm³/mol. The van der Waals surface area contributed by atoms with Crippen molar-refractivity contribution >= 4 is 22.4 Å². The van der Waals surface area contributed by atoms with Crippen LogP contribution in [-0.4, -0.2) is 47.0 Å². The van der Waals surface area contributed by atoms with Gasteiger partial charge in [-0.1, -0.05) is 6.92 Å². The molecule has 1 aliphatic heterocycles. The number of piperazine rings is 1. The molecule has 0 bridgehead atoms. The van der Waals surface area contributed by atoms with Gasteiger partial charge in [0.25, 0.3) is 0 Å². The number of likely N-dealkylation sites (N-methyl/N-ethyl adjacent to an activating group) is 1. The van der Waals surface area contributed by atoms with Gasteiger partial charge in [-0.25, -0.2) is 0 Å². The summed E-state index contributed by atoms with van der Waals surface area (Å²) in [7, 11) is 2.20. The molecule has 0 spiro atoms. The third-order valence-electron chi connectivity index (χ3n) is 4.21. The van der Waals surface area contributed by atoms with Gasteiger partial charge in [0.05, 0.1) is 5.56 Å². The first-order valence-electron chi connectivity index (χ1n) is 7.31. The van der Waals surface area contributed by atoms with Gasteiger partial charge in [-0.2, -0.15) is 4.37 Å². The summed E-state index contributed by atoms with van der Waals surface area (Å²) >= 11 is 1.50. The number of aromatic nitrogens is 2. The molecule has 112 valence electrons. The standard InChI is InChI=1S/C15H21N5S/c1-3-12-10-20(9-8-19(12)2)15-13(14(16)18-21-15)11-4-6-17-7-5-11/h4-7,12H,3,8-10H2,1-2H3,(H2,16,18). The van der Waals surface area contributed by atoms with Crippen LogP contribution >= 0.6 is 11.5 Å². The minimum atomic E-state index is 0.590. The summed E-state index contributed by atoms with van der Waals surface area (Å²) in [5.74, 6) is 0.619. The van der Waals surface area contributed by atoms with Gasteiger partial charge in [-0.05, 0) is 42.7 Å². The van der Waals surface area contributed by atoms with E-state index < -0.39 is 0 Å². The van der Waals surface area contributed by atoms with E-state index in [-0.39, 0.29) is 0 Å². The summed E-state index contributed by atoms with van der Waals surface area (Å²) < 4.78 is 4.38.